The number of rotatable bonds is 7. The highest BCUT2D eigenvalue weighted by molar-refractivity contribution is 7.26. The third-order valence-corrected chi connectivity index (χ3v) is 10.7. The van der Waals surface area contributed by atoms with Gasteiger partial charge in [-0.25, -0.2) is 0 Å². The smallest absolute Gasteiger partial charge is 0.0715 e. The summed E-state index contributed by atoms with van der Waals surface area (Å²) < 4.78 is 4.81. The van der Waals surface area contributed by atoms with Gasteiger partial charge in [0.2, 0.25) is 0 Å². The number of para-hydroxylation sites is 1. The lowest BCUT2D eigenvalue weighted by Gasteiger charge is -2.12. The Morgan fingerprint density at radius 3 is 2.00 bits per heavy atom. The molecule has 3 N–H and O–H groups in total. The minimum absolute atomic E-state index is 0.273. The van der Waals surface area contributed by atoms with E-state index in [9.17, 15) is 0 Å². The average molecular weight is 648 g/mol. The Balaban J connectivity index is 1.02. The lowest BCUT2D eigenvalue weighted by atomic mass is 9.97. The Labute approximate surface area is 289 Å². The number of nitrogens with two attached hydrogens (primary N) is 1. The van der Waals surface area contributed by atoms with Gasteiger partial charge in [-0.1, -0.05) is 140 Å². The minimum Gasteiger partial charge on any atom is -0.321 e. The van der Waals surface area contributed by atoms with E-state index in [4.69, 9.17) is 5.73 Å². The second kappa shape index (κ2) is 12.3. The standard InChI is InChI=1S/C45H33N3S/c46-41(35-13-8-12-33(28-35)32-22-20-31(21-23-32)30-10-2-1-3-11-30)26-27-47-48-42-18-6-4-14-37(42)38-25-24-34(29-43(38)48)36-16-9-17-40-39-15-5-7-19-44(39)49-45(36)40/h1-29,41,47H,46H2/b27-26-. The first-order valence-corrected chi connectivity index (χ1v) is 17.4. The van der Waals surface area contributed by atoms with Crippen molar-refractivity contribution in [3.63, 3.8) is 0 Å². The van der Waals surface area contributed by atoms with Gasteiger partial charge in [-0.3, -0.25) is 4.68 Å². The minimum atomic E-state index is -0.273. The first kappa shape index (κ1) is 29.2. The third-order valence-electron chi connectivity index (χ3n) is 9.49. The zero-order chi connectivity index (χ0) is 32.7. The third kappa shape index (κ3) is 5.28. The number of hydrogen-bond acceptors (Lipinski definition) is 3. The fourth-order valence-electron chi connectivity index (χ4n) is 7.00. The van der Waals surface area contributed by atoms with Crippen LogP contribution in [0, 0.1) is 0 Å². The van der Waals surface area contributed by atoms with E-state index < -0.39 is 0 Å². The molecular weight excluding hydrogens is 615 g/mol. The summed E-state index contributed by atoms with van der Waals surface area (Å²) in [7, 11) is 0. The van der Waals surface area contributed by atoms with Crippen molar-refractivity contribution in [2.45, 2.75) is 6.04 Å². The van der Waals surface area contributed by atoms with Crippen molar-refractivity contribution in [3.8, 4) is 33.4 Å². The molecule has 9 rings (SSSR count). The molecule has 0 aliphatic carbocycles. The second-order valence-corrected chi connectivity index (χ2v) is 13.5. The van der Waals surface area contributed by atoms with E-state index in [1.807, 2.05) is 29.7 Å². The Hall–Kier alpha value is -5.94. The molecule has 2 aromatic heterocycles. The summed E-state index contributed by atoms with van der Waals surface area (Å²) in [6.45, 7) is 0. The van der Waals surface area contributed by atoms with Gasteiger partial charge in [0.1, 0.15) is 0 Å². The fraction of sp³-hybridized carbons (Fsp3) is 0.0222. The van der Waals surface area contributed by atoms with Crippen LogP contribution in [0.5, 0.6) is 0 Å². The first-order valence-electron chi connectivity index (χ1n) is 16.6. The van der Waals surface area contributed by atoms with Crippen LogP contribution in [0.3, 0.4) is 0 Å². The maximum absolute atomic E-state index is 6.76. The van der Waals surface area contributed by atoms with Gasteiger partial charge >= 0.3 is 0 Å². The zero-order valence-corrected chi connectivity index (χ0v) is 27.6. The molecule has 0 radical (unpaired) electrons. The summed E-state index contributed by atoms with van der Waals surface area (Å²) >= 11 is 1.86. The highest BCUT2D eigenvalue weighted by atomic mass is 32.1. The van der Waals surface area contributed by atoms with E-state index in [0.29, 0.717) is 0 Å². The molecule has 9 aromatic rings. The summed E-state index contributed by atoms with van der Waals surface area (Å²) in [6.07, 6.45) is 4.00. The van der Waals surface area contributed by atoms with Crippen LogP contribution in [-0.4, -0.2) is 4.68 Å². The molecule has 0 aliphatic heterocycles. The zero-order valence-electron chi connectivity index (χ0n) is 26.8. The molecular formula is C45H33N3S. The number of thiophene rings is 1. The summed E-state index contributed by atoms with van der Waals surface area (Å²) in [5, 5.41) is 5.04. The molecule has 0 fully saturated rings. The molecule has 7 aromatic carbocycles. The van der Waals surface area contributed by atoms with Gasteiger partial charge in [0.25, 0.3) is 0 Å². The summed E-state index contributed by atoms with van der Waals surface area (Å²) in [6, 6.07) is 58.1. The van der Waals surface area contributed by atoms with Gasteiger partial charge in [0.15, 0.2) is 0 Å². The van der Waals surface area contributed by atoms with Crippen LogP contribution in [0.25, 0.3) is 75.4 Å². The molecule has 0 bridgehead atoms. The maximum atomic E-state index is 6.76. The molecule has 4 heteroatoms. The van der Waals surface area contributed by atoms with Crippen LogP contribution in [0.1, 0.15) is 11.6 Å². The van der Waals surface area contributed by atoms with Crippen molar-refractivity contribution in [2.24, 2.45) is 5.73 Å². The van der Waals surface area contributed by atoms with E-state index in [1.54, 1.807) is 0 Å². The molecule has 2 heterocycles. The normalized spacial score (nSPS) is 12.4. The van der Waals surface area contributed by atoms with Crippen LogP contribution < -0.4 is 11.2 Å². The number of fused-ring (bicyclic) bond motifs is 6. The van der Waals surface area contributed by atoms with Gasteiger partial charge in [-0.2, -0.15) is 0 Å². The molecule has 0 aliphatic rings. The van der Waals surface area contributed by atoms with Crippen LogP contribution in [-0.2, 0) is 0 Å². The van der Waals surface area contributed by atoms with Crippen LogP contribution in [0.4, 0.5) is 0 Å². The predicted molar refractivity (Wildman–Crippen MR) is 211 cm³/mol. The Morgan fingerprint density at radius 1 is 0.510 bits per heavy atom. The molecule has 0 amide bonds. The van der Waals surface area contributed by atoms with Crippen LogP contribution >= 0.6 is 11.3 Å². The predicted octanol–water partition coefficient (Wildman–Crippen LogP) is 11.9. The Bertz CT molecular complexity index is 2650. The molecule has 0 saturated heterocycles. The van der Waals surface area contributed by atoms with Crippen molar-refractivity contribution >= 4 is 53.3 Å². The van der Waals surface area contributed by atoms with Crippen molar-refractivity contribution in [1.82, 2.24) is 4.68 Å². The topological polar surface area (TPSA) is 43.0 Å². The molecule has 1 unspecified atom stereocenters. The molecule has 49 heavy (non-hydrogen) atoms. The Kier molecular flexibility index (Phi) is 7.31. The van der Waals surface area contributed by atoms with Crippen molar-refractivity contribution in [1.29, 1.82) is 0 Å². The quantitative estimate of drug-likeness (QED) is 0.181. The van der Waals surface area contributed by atoms with Crippen molar-refractivity contribution in [3.05, 3.63) is 182 Å². The van der Waals surface area contributed by atoms with E-state index in [2.05, 4.69) is 168 Å². The molecule has 1 atom stereocenters. The van der Waals surface area contributed by atoms with Gasteiger partial charge in [-0.15, -0.1) is 11.3 Å². The largest absolute Gasteiger partial charge is 0.321 e. The monoisotopic (exact) mass is 647 g/mol. The summed E-state index contributed by atoms with van der Waals surface area (Å²) in [4.78, 5) is 0. The lowest BCUT2D eigenvalue weighted by Crippen LogP contribution is -2.11. The molecule has 0 saturated carbocycles. The van der Waals surface area contributed by atoms with Gasteiger partial charge in [0, 0.05) is 43.2 Å². The van der Waals surface area contributed by atoms with Crippen LogP contribution in [0.2, 0.25) is 0 Å². The lowest BCUT2D eigenvalue weighted by molar-refractivity contribution is 0.903. The number of aromatic nitrogens is 1. The summed E-state index contributed by atoms with van der Waals surface area (Å²) in [5.74, 6) is 0. The maximum Gasteiger partial charge on any atom is 0.0715 e. The SMILES string of the molecule is NC(/C=C\Nn1c2ccccc2c2ccc(-c3cccc4c3sc3ccccc34)cc21)c1cccc(-c2ccc(-c3ccccc3)cc2)c1. The van der Waals surface area contributed by atoms with Gasteiger partial charge in [-0.05, 0) is 69.3 Å². The number of hydrogen-bond donors (Lipinski definition) is 2. The van der Waals surface area contributed by atoms with Crippen molar-refractivity contribution in [2.75, 3.05) is 5.43 Å². The van der Waals surface area contributed by atoms with Crippen LogP contribution in [0.15, 0.2) is 176 Å². The number of benzene rings is 7. The van der Waals surface area contributed by atoms with E-state index in [-0.39, 0.29) is 6.04 Å². The highest BCUT2D eigenvalue weighted by Gasteiger charge is 2.14. The molecule has 3 nitrogen and oxygen atoms in total. The van der Waals surface area contributed by atoms with E-state index in [0.717, 1.165) is 22.2 Å². The molecule has 0 spiro atoms. The highest BCUT2D eigenvalue weighted by Crippen LogP contribution is 2.41. The molecule has 234 valence electrons. The van der Waals surface area contributed by atoms with Crippen molar-refractivity contribution < 1.29 is 0 Å². The number of nitrogens with zero attached hydrogens (tertiary/aromatic N) is 1. The second-order valence-electron chi connectivity index (χ2n) is 12.4. The average Bonchev–Trinajstić information content (AvgIpc) is 3.71. The van der Waals surface area contributed by atoms with Gasteiger partial charge < -0.3 is 11.2 Å². The van der Waals surface area contributed by atoms with E-state index in [1.165, 1.54) is 58.8 Å². The number of nitrogens with one attached hydrogen (secondary N) is 1. The summed E-state index contributed by atoms with van der Waals surface area (Å²) in [5.41, 5.74) is 20.8. The fourth-order valence-corrected chi connectivity index (χ4v) is 8.23. The first-order chi connectivity index (χ1) is 24.2. The van der Waals surface area contributed by atoms with Gasteiger partial charge in [0.05, 0.1) is 11.0 Å². The Morgan fingerprint density at radius 2 is 1.14 bits per heavy atom. The van der Waals surface area contributed by atoms with E-state index >= 15 is 0 Å².